The van der Waals surface area contributed by atoms with E-state index in [9.17, 15) is 9.59 Å². The van der Waals surface area contributed by atoms with Crippen LogP contribution in [0.5, 0.6) is 0 Å². The van der Waals surface area contributed by atoms with E-state index in [0.29, 0.717) is 11.6 Å². The number of aromatic nitrogens is 2. The highest BCUT2D eigenvalue weighted by atomic mass is 32.2. The summed E-state index contributed by atoms with van der Waals surface area (Å²) in [4.78, 5) is 27.8. The maximum atomic E-state index is 12.8. The van der Waals surface area contributed by atoms with Gasteiger partial charge in [0.05, 0.1) is 22.7 Å². The van der Waals surface area contributed by atoms with Gasteiger partial charge in [-0.05, 0) is 32.9 Å². The summed E-state index contributed by atoms with van der Waals surface area (Å²) < 4.78 is 1.84. The molecule has 0 saturated carbocycles. The predicted octanol–water partition coefficient (Wildman–Crippen LogP) is 4.01. The maximum Gasteiger partial charge on any atom is 0.245 e. The quantitative estimate of drug-likeness (QED) is 0.845. The van der Waals surface area contributed by atoms with Crippen LogP contribution in [0.25, 0.3) is 0 Å². The highest BCUT2D eigenvalue weighted by molar-refractivity contribution is 8.00. The Morgan fingerprint density at radius 1 is 1.18 bits per heavy atom. The molecule has 1 aromatic heterocycles. The summed E-state index contributed by atoms with van der Waals surface area (Å²) in [6.45, 7) is 12.4. The van der Waals surface area contributed by atoms with Crippen LogP contribution >= 0.6 is 11.8 Å². The molecule has 0 aliphatic carbocycles. The average molecular weight is 401 g/mol. The number of nitrogens with one attached hydrogen (secondary N) is 1. The lowest BCUT2D eigenvalue weighted by Crippen LogP contribution is -2.41. The van der Waals surface area contributed by atoms with Crippen molar-refractivity contribution in [3.05, 3.63) is 36.0 Å². The number of rotatable bonds is 3. The first-order valence-corrected chi connectivity index (χ1v) is 10.4. The Morgan fingerprint density at radius 2 is 1.86 bits per heavy atom. The van der Waals surface area contributed by atoms with Crippen molar-refractivity contribution in [1.82, 2.24) is 9.78 Å². The minimum Gasteiger partial charge on any atom is -0.309 e. The third-order valence-electron chi connectivity index (χ3n) is 4.49. The van der Waals surface area contributed by atoms with Crippen molar-refractivity contribution in [3.63, 3.8) is 0 Å². The number of para-hydroxylation sites is 1. The topological polar surface area (TPSA) is 67.2 Å². The molecule has 1 aromatic carbocycles. The molecule has 0 radical (unpaired) electrons. The first-order chi connectivity index (χ1) is 13.0. The highest BCUT2D eigenvalue weighted by Gasteiger charge is 2.29. The first kappa shape index (κ1) is 20.5. The fourth-order valence-corrected chi connectivity index (χ4v) is 3.94. The van der Waals surface area contributed by atoms with Crippen LogP contribution < -0.4 is 10.2 Å². The van der Waals surface area contributed by atoms with Crippen LogP contribution in [0.1, 0.15) is 47.2 Å². The molecule has 0 fully saturated rings. The molecule has 1 aliphatic rings. The number of amides is 2. The highest BCUT2D eigenvalue weighted by Crippen LogP contribution is 2.35. The molecule has 2 aromatic rings. The molecule has 7 heteroatoms. The van der Waals surface area contributed by atoms with E-state index < -0.39 is 0 Å². The number of benzene rings is 1. The largest absolute Gasteiger partial charge is 0.309 e. The van der Waals surface area contributed by atoms with Gasteiger partial charge >= 0.3 is 0 Å². The number of hydrogen-bond acceptors (Lipinski definition) is 4. The zero-order chi connectivity index (χ0) is 20.7. The molecule has 0 atom stereocenters. The molecule has 28 heavy (non-hydrogen) atoms. The minimum absolute atomic E-state index is 0.0173. The Kier molecular flexibility index (Phi) is 5.32. The molecule has 1 aliphatic heterocycles. The van der Waals surface area contributed by atoms with Crippen molar-refractivity contribution in [2.75, 3.05) is 22.5 Å². The van der Waals surface area contributed by atoms with Gasteiger partial charge in [0.15, 0.2) is 0 Å². The molecule has 0 unspecified atom stereocenters. The van der Waals surface area contributed by atoms with E-state index in [1.165, 1.54) is 11.8 Å². The van der Waals surface area contributed by atoms with E-state index in [2.05, 4.69) is 26.1 Å². The number of carbonyl (C=O) groups excluding carboxylic acids is 2. The van der Waals surface area contributed by atoms with Gasteiger partial charge in [-0.1, -0.05) is 32.9 Å². The molecule has 6 nitrogen and oxygen atoms in total. The third kappa shape index (κ3) is 4.24. The second-order valence-corrected chi connectivity index (χ2v) is 10.0. The summed E-state index contributed by atoms with van der Waals surface area (Å²) >= 11 is 1.51. The number of hydrogen-bond donors (Lipinski definition) is 1. The summed E-state index contributed by atoms with van der Waals surface area (Å²) in [5, 5.41) is 7.69. The second kappa shape index (κ2) is 7.28. The maximum absolute atomic E-state index is 12.8. The molecular formula is C21H28N4O2S. The van der Waals surface area contributed by atoms with Gasteiger partial charge in [-0.15, -0.1) is 11.8 Å². The standard InChI is InChI=1S/C21H28N4O2S/c1-20(2,3)16-11-17(25(23-16)21(4,5)6)22-18(26)12-24-14-9-7-8-10-15(14)28-13-19(24)27/h7-11H,12-13H2,1-6H3,(H,22,26). The van der Waals surface area contributed by atoms with Gasteiger partial charge in [-0.2, -0.15) is 5.10 Å². The monoisotopic (exact) mass is 400 g/mol. The van der Waals surface area contributed by atoms with E-state index in [4.69, 9.17) is 5.10 Å². The van der Waals surface area contributed by atoms with Gasteiger partial charge < -0.3 is 10.2 Å². The fourth-order valence-electron chi connectivity index (χ4n) is 3.00. The van der Waals surface area contributed by atoms with E-state index in [1.54, 1.807) is 4.90 Å². The van der Waals surface area contributed by atoms with Crippen molar-refractivity contribution >= 4 is 35.1 Å². The van der Waals surface area contributed by atoms with Crippen LogP contribution in [0.2, 0.25) is 0 Å². The molecule has 0 bridgehead atoms. The molecule has 2 amide bonds. The predicted molar refractivity (Wildman–Crippen MR) is 114 cm³/mol. The zero-order valence-corrected chi connectivity index (χ0v) is 18.2. The van der Waals surface area contributed by atoms with Gasteiger partial charge in [0.25, 0.3) is 0 Å². The second-order valence-electron chi connectivity index (χ2n) is 9.03. The van der Waals surface area contributed by atoms with Crippen LogP contribution in [-0.4, -0.2) is 33.9 Å². The molecule has 1 N–H and O–H groups in total. The third-order valence-corrected chi connectivity index (χ3v) is 5.54. The SMILES string of the molecule is CC(C)(C)c1cc(NC(=O)CN2C(=O)CSc3ccccc32)n(C(C)(C)C)n1. The molecular weight excluding hydrogens is 372 g/mol. The number of nitrogens with zero attached hydrogens (tertiary/aromatic N) is 3. The lowest BCUT2D eigenvalue weighted by molar-refractivity contribution is -0.120. The zero-order valence-electron chi connectivity index (χ0n) is 17.4. The molecule has 0 saturated heterocycles. The van der Waals surface area contributed by atoms with Crippen molar-refractivity contribution in [2.24, 2.45) is 0 Å². The van der Waals surface area contributed by atoms with Crippen LogP contribution in [0.15, 0.2) is 35.2 Å². The smallest absolute Gasteiger partial charge is 0.245 e. The molecule has 2 heterocycles. The average Bonchev–Trinajstić information content (AvgIpc) is 3.02. The van der Waals surface area contributed by atoms with Gasteiger partial charge in [0.2, 0.25) is 11.8 Å². The Labute approximate surface area is 170 Å². The van der Waals surface area contributed by atoms with E-state index >= 15 is 0 Å². The van der Waals surface area contributed by atoms with Crippen molar-refractivity contribution < 1.29 is 9.59 Å². The Balaban J connectivity index is 1.84. The molecule has 3 rings (SSSR count). The van der Waals surface area contributed by atoms with Crippen LogP contribution in [0, 0.1) is 0 Å². The van der Waals surface area contributed by atoms with Gasteiger partial charge in [-0.3, -0.25) is 9.59 Å². The van der Waals surface area contributed by atoms with Crippen molar-refractivity contribution in [3.8, 4) is 0 Å². The minimum atomic E-state index is -0.281. The number of carbonyl (C=O) groups is 2. The first-order valence-electron chi connectivity index (χ1n) is 9.40. The van der Waals surface area contributed by atoms with E-state index in [0.717, 1.165) is 16.3 Å². The Morgan fingerprint density at radius 3 is 2.50 bits per heavy atom. The number of thioether (sulfide) groups is 1. The van der Waals surface area contributed by atoms with E-state index in [-0.39, 0.29) is 29.3 Å². The van der Waals surface area contributed by atoms with Crippen molar-refractivity contribution in [1.29, 1.82) is 0 Å². The number of fused-ring (bicyclic) bond motifs is 1. The summed E-state index contributed by atoms with van der Waals surface area (Å²) in [6, 6.07) is 9.60. The van der Waals surface area contributed by atoms with Crippen LogP contribution in [-0.2, 0) is 20.5 Å². The van der Waals surface area contributed by atoms with Gasteiger partial charge in [-0.25, -0.2) is 4.68 Å². The lowest BCUT2D eigenvalue weighted by atomic mass is 9.92. The number of anilines is 2. The lowest BCUT2D eigenvalue weighted by Gasteiger charge is -2.28. The van der Waals surface area contributed by atoms with Crippen molar-refractivity contribution in [2.45, 2.75) is 57.4 Å². The Hall–Kier alpha value is -2.28. The van der Waals surface area contributed by atoms with Gasteiger partial charge in [0.1, 0.15) is 12.4 Å². The summed E-state index contributed by atoms with van der Waals surface area (Å²) in [7, 11) is 0. The normalized spacial score (nSPS) is 14.8. The fraction of sp³-hybridized carbons (Fsp3) is 0.476. The van der Waals surface area contributed by atoms with Crippen LogP contribution in [0.4, 0.5) is 11.5 Å². The summed E-state index contributed by atoms with van der Waals surface area (Å²) in [5.41, 5.74) is 1.29. The van der Waals surface area contributed by atoms with Gasteiger partial charge in [0, 0.05) is 16.4 Å². The summed E-state index contributed by atoms with van der Waals surface area (Å²) in [5.74, 6) is 0.701. The summed E-state index contributed by atoms with van der Waals surface area (Å²) in [6.07, 6.45) is 0. The Bertz CT molecular complexity index is 906. The van der Waals surface area contributed by atoms with E-state index in [1.807, 2.05) is 55.8 Å². The molecule has 150 valence electrons. The van der Waals surface area contributed by atoms with Crippen LogP contribution in [0.3, 0.4) is 0 Å². The molecule has 0 spiro atoms.